The summed E-state index contributed by atoms with van der Waals surface area (Å²) < 4.78 is 53.2. The van der Waals surface area contributed by atoms with Crippen LogP contribution in [0.2, 0.25) is 0 Å². The van der Waals surface area contributed by atoms with E-state index in [9.17, 15) is 17.7 Å². The van der Waals surface area contributed by atoms with Gasteiger partial charge in [-0.15, -0.1) is 4.72 Å². The molecule has 2 atom stereocenters. The van der Waals surface area contributed by atoms with Gasteiger partial charge in [0.1, 0.15) is 4.75 Å². The highest BCUT2D eigenvalue weighted by atomic mass is 32.2. The van der Waals surface area contributed by atoms with E-state index < -0.39 is 23.1 Å². The summed E-state index contributed by atoms with van der Waals surface area (Å²) in [6.45, 7) is 6.17. The molecule has 0 saturated heterocycles. The Morgan fingerprint density at radius 2 is 1.46 bits per heavy atom. The maximum atomic E-state index is 12.8. The minimum Gasteiger partial charge on any atom is -0.598 e. The fourth-order valence-corrected chi connectivity index (χ4v) is 3.36. The van der Waals surface area contributed by atoms with E-state index in [4.69, 9.17) is 0 Å². The van der Waals surface area contributed by atoms with Crippen molar-refractivity contribution in [3.8, 4) is 0 Å². The van der Waals surface area contributed by atoms with Crippen molar-refractivity contribution in [1.29, 1.82) is 0 Å². The molecule has 1 N–H and O–H groups in total. The lowest BCUT2D eigenvalue weighted by Crippen LogP contribution is -2.40. The summed E-state index contributed by atoms with van der Waals surface area (Å²) in [4.78, 5) is 0. The van der Waals surface area contributed by atoms with Gasteiger partial charge in [-0.25, -0.2) is 0 Å². The van der Waals surface area contributed by atoms with E-state index in [-0.39, 0.29) is 10.7 Å². The highest BCUT2D eigenvalue weighted by Crippen LogP contribution is 2.33. The van der Waals surface area contributed by atoms with E-state index in [0.717, 1.165) is 23.3 Å². The molecular weight excluding hydrogens is 359 g/mol. The second-order valence-corrected chi connectivity index (χ2v) is 9.20. The molecule has 142 valence electrons. The number of benzene rings is 2. The largest absolute Gasteiger partial charge is 0.598 e. The van der Waals surface area contributed by atoms with E-state index in [2.05, 4.69) is 4.72 Å². The zero-order chi connectivity index (χ0) is 19.4. The maximum absolute atomic E-state index is 12.8. The van der Waals surface area contributed by atoms with Crippen molar-refractivity contribution in [1.82, 2.24) is 4.72 Å². The predicted molar refractivity (Wildman–Crippen MR) is 100 cm³/mol. The van der Waals surface area contributed by atoms with Crippen LogP contribution in [0, 0.1) is 0 Å². The summed E-state index contributed by atoms with van der Waals surface area (Å²) in [5, 5.41) is 0. The van der Waals surface area contributed by atoms with Crippen molar-refractivity contribution < 1.29 is 17.7 Å². The molecule has 0 aliphatic rings. The average molecular weight is 383 g/mol. The van der Waals surface area contributed by atoms with E-state index in [1.54, 1.807) is 0 Å². The smallest absolute Gasteiger partial charge is 0.416 e. The average Bonchev–Trinajstić information content (AvgIpc) is 2.58. The Hall–Kier alpha value is -1.50. The molecule has 2 nitrogen and oxygen atoms in total. The number of rotatable bonds is 6. The number of hydrogen-bond acceptors (Lipinski definition) is 2. The van der Waals surface area contributed by atoms with Crippen LogP contribution in [-0.4, -0.2) is 15.8 Å². The number of hydrogen-bond donors (Lipinski definition) is 1. The van der Waals surface area contributed by atoms with Crippen LogP contribution in [0.3, 0.4) is 0 Å². The summed E-state index contributed by atoms with van der Waals surface area (Å²) >= 11 is -1.18. The van der Waals surface area contributed by atoms with Gasteiger partial charge in [-0.2, -0.15) is 13.2 Å². The lowest BCUT2D eigenvalue weighted by atomic mass is 9.88. The molecule has 0 bridgehead atoms. The summed E-state index contributed by atoms with van der Waals surface area (Å²) in [5.41, 5.74) is 1.18. The van der Waals surface area contributed by atoms with Crippen LogP contribution in [0.4, 0.5) is 13.2 Å². The molecule has 2 unspecified atom stereocenters. The molecule has 2 aromatic rings. The molecule has 0 heterocycles. The minimum absolute atomic E-state index is 0.0667. The van der Waals surface area contributed by atoms with Crippen LogP contribution in [-0.2, 0) is 17.5 Å². The van der Waals surface area contributed by atoms with E-state index in [0.29, 0.717) is 13.0 Å². The second kappa shape index (κ2) is 8.46. The first-order chi connectivity index (χ1) is 12.1. The Morgan fingerprint density at radius 3 is 1.96 bits per heavy atom. The van der Waals surface area contributed by atoms with Crippen LogP contribution in [0.5, 0.6) is 0 Å². The summed E-state index contributed by atoms with van der Waals surface area (Å²) in [6.07, 6.45) is -3.71. The third-order valence-electron chi connectivity index (χ3n) is 4.06. The van der Waals surface area contributed by atoms with Gasteiger partial charge < -0.3 is 4.55 Å². The molecule has 26 heavy (non-hydrogen) atoms. The quantitative estimate of drug-likeness (QED) is 0.689. The van der Waals surface area contributed by atoms with Crippen LogP contribution in [0.1, 0.15) is 49.8 Å². The normalized spacial score (nSPS) is 14.9. The van der Waals surface area contributed by atoms with Gasteiger partial charge in [0.15, 0.2) is 0 Å². The highest BCUT2D eigenvalue weighted by molar-refractivity contribution is 7.90. The van der Waals surface area contributed by atoms with Gasteiger partial charge in [-0.3, -0.25) is 0 Å². The molecule has 6 heteroatoms. The minimum atomic E-state index is -4.34. The number of nitrogens with one attached hydrogen (secondary N) is 1. The molecular formula is C20H24F3NOS. The molecule has 0 radical (unpaired) electrons. The molecule has 0 spiro atoms. The molecule has 0 saturated carbocycles. The first kappa shape index (κ1) is 20.8. The topological polar surface area (TPSA) is 35.1 Å². The van der Waals surface area contributed by atoms with E-state index in [1.165, 1.54) is 12.1 Å². The number of halogens is 3. The Kier molecular flexibility index (Phi) is 6.77. The Balaban J connectivity index is 2.17. The van der Waals surface area contributed by atoms with Gasteiger partial charge in [0.05, 0.1) is 5.56 Å². The zero-order valence-corrected chi connectivity index (χ0v) is 16.0. The summed E-state index contributed by atoms with van der Waals surface area (Å²) in [6, 6.07) is 14.9. The number of alkyl halides is 3. The first-order valence-corrected chi connectivity index (χ1v) is 9.61. The lowest BCUT2D eigenvalue weighted by molar-refractivity contribution is -0.137. The monoisotopic (exact) mass is 383 g/mol. The van der Waals surface area contributed by atoms with Gasteiger partial charge in [0.2, 0.25) is 0 Å². The molecule has 2 rings (SSSR count). The van der Waals surface area contributed by atoms with Crippen LogP contribution in [0.15, 0.2) is 54.6 Å². The Morgan fingerprint density at radius 1 is 0.923 bits per heavy atom. The first-order valence-electron chi connectivity index (χ1n) is 8.46. The molecule has 0 aliphatic heterocycles. The van der Waals surface area contributed by atoms with Crippen molar-refractivity contribution in [2.45, 2.75) is 44.0 Å². The maximum Gasteiger partial charge on any atom is 0.416 e. The standard InChI is InChI=1S/C20H24F3NOS/c1-19(2,3)26(25)24-14-13-18(15-7-5-4-6-8-15)16-9-11-17(12-10-16)20(21,22)23/h4-12,18,24H,13-14H2,1-3H3. The zero-order valence-electron chi connectivity index (χ0n) is 15.1. The SMILES string of the molecule is CC(C)(C)[S+]([O-])NCCC(c1ccccc1)c1ccc(C(F)(F)F)cc1. The molecule has 0 fully saturated rings. The van der Waals surface area contributed by atoms with Crippen LogP contribution in [0.25, 0.3) is 0 Å². The van der Waals surface area contributed by atoms with Gasteiger partial charge in [-0.1, -0.05) is 42.5 Å². The highest BCUT2D eigenvalue weighted by Gasteiger charge is 2.30. The third-order valence-corrected chi connectivity index (χ3v) is 5.64. The predicted octanol–water partition coefficient (Wildman–Crippen LogP) is 5.28. The van der Waals surface area contributed by atoms with Crippen molar-refractivity contribution in [3.05, 3.63) is 71.3 Å². The van der Waals surface area contributed by atoms with Crippen molar-refractivity contribution in [2.75, 3.05) is 6.54 Å². The summed E-state index contributed by atoms with van der Waals surface area (Å²) in [7, 11) is 0. The third kappa shape index (κ3) is 5.76. The Bertz CT molecular complexity index is 681. The van der Waals surface area contributed by atoms with Gasteiger partial charge in [0, 0.05) is 23.8 Å². The molecule has 0 amide bonds. The fourth-order valence-electron chi connectivity index (χ4n) is 2.63. The van der Waals surface area contributed by atoms with Crippen LogP contribution >= 0.6 is 0 Å². The van der Waals surface area contributed by atoms with Crippen LogP contribution < -0.4 is 4.72 Å². The molecule has 0 aromatic heterocycles. The van der Waals surface area contributed by atoms with Gasteiger partial charge in [0.25, 0.3) is 0 Å². The van der Waals surface area contributed by atoms with Crippen molar-refractivity contribution >= 4 is 11.4 Å². The van der Waals surface area contributed by atoms with Gasteiger partial charge >= 0.3 is 6.18 Å². The van der Waals surface area contributed by atoms with Crippen molar-refractivity contribution in [3.63, 3.8) is 0 Å². The fraction of sp³-hybridized carbons (Fsp3) is 0.400. The molecule has 2 aromatic carbocycles. The summed E-state index contributed by atoms with van der Waals surface area (Å²) in [5.74, 6) is -0.0667. The van der Waals surface area contributed by atoms with E-state index in [1.807, 2.05) is 51.1 Å². The molecule has 0 aliphatic carbocycles. The second-order valence-electron chi connectivity index (χ2n) is 7.15. The van der Waals surface area contributed by atoms with Crippen molar-refractivity contribution in [2.24, 2.45) is 0 Å². The van der Waals surface area contributed by atoms with Gasteiger partial charge in [-0.05, 0) is 50.5 Å². The Labute approximate surface area is 156 Å². The lowest BCUT2D eigenvalue weighted by Gasteiger charge is -2.25. The van der Waals surface area contributed by atoms with E-state index >= 15 is 0 Å².